The molecule has 0 bridgehead atoms. The zero-order valence-corrected chi connectivity index (χ0v) is 12.3. The van der Waals surface area contributed by atoms with Crippen LogP contribution >= 0.6 is 0 Å². The van der Waals surface area contributed by atoms with E-state index in [0.29, 0.717) is 18.4 Å². The Morgan fingerprint density at radius 2 is 2.17 bits per heavy atom. The molecule has 0 spiro atoms. The lowest BCUT2D eigenvalue weighted by atomic mass is 9.84. The number of hydrogen-bond donors (Lipinski definition) is 2. The highest BCUT2D eigenvalue weighted by Gasteiger charge is 2.33. The molecule has 1 saturated heterocycles. The van der Waals surface area contributed by atoms with Gasteiger partial charge in [0, 0.05) is 13.1 Å². The van der Waals surface area contributed by atoms with Gasteiger partial charge in [-0.2, -0.15) is 0 Å². The van der Waals surface area contributed by atoms with E-state index in [1.165, 1.54) is 12.8 Å². The van der Waals surface area contributed by atoms with Gasteiger partial charge in [0.25, 0.3) is 0 Å². The first-order valence-electron chi connectivity index (χ1n) is 7.00. The zero-order valence-electron chi connectivity index (χ0n) is 12.3. The molecular formula is C14H28N2O2. The Balaban J connectivity index is 2.50. The van der Waals surface area contributed by atoms with Crippen LogP contribution in [-0.2, 0) is 4.79 Å². The van der Waals surface area contributed by atoms with Gasteiger partial charge in [-0.25, -0.2) is 0 Å². The molecule has 1 unspecified atom stereocenters. The number of carboxylic acids is 1. The molecule has 0 aromatic rings. The van der Waals surface area contributed by atoms with Crippen LogP contribution in [0.3, 0.4) is 0 Å². The van der Waals surface area contributed by atoms with Crippen molar-refractivity contribution in [2.45, 2.75) is 52.5 Å². The molecule has 1 fully saturated rings. The van der Waals surface area contributed by atoms with Gasteiger partial charge >= 0.3 is 5.97 Å². The molecule has 0 radical (unpaired) electrons. The monoisotopic (exact) mass is 256 g/mol. The van der Waals surface area contributed by atoms with Crippen LogP contribution in [0.4, 0.5) is 0 Å². The van der Waals surface area contributed by atoms with Crippen molar-refractivity contribution < 1.29 is 9.90 Å². The van der Waals surface area contributed by atoms with E-state index in [-0.39, 0.29) is 0 Å². The van der Waals surface area contributed by atoms with Crippen molar-refractivity contribution in [3.05, 3.63) is 0 Å². The molecule has 1 heterocycles. The number of hydrogen-bond acceptors (Lipinski definition) is 3. The molecule has 1 aliphatic rings. The highest BCUT2D eigenvalue weighted by molar-refractivity contribution is 5.78. The minimum atomic E-state index is -0.795. The van der Waals surface area contributed by atoms with Crippen LogP contribution in [-0.4, -0.2) is 47.7 Å². The molecule has 106 valence electrons. The van der Waals surface area contributed by atoms with Crippen LogP contribution in [0.1, 0.15) is 47.0 Å². The van der Waals surface area contributed by atoms with Gasteiger partial charge in [0.15, 0.2) is 0 Å². The summed E-state index contributed by atoms with van der Waals surface area (Å²) in [6.45, 7) is 12.0. The fraction of sp³-hybridized carbons (Fsp3) is 0.929. The van der Waals surface area contributed by atoms with Crippen LogP contribution in [0, 0.1) is 5.41 Å². The fourth-order valence-electron chi connectivity index (χ4n) is 2.78. The summed E-state index contributed by atoms with van der Waals surface area (Å²) >= 11 is 0. The van der Waals surface area contributed by atoms with E-state index in [4.69, 9.17) is 0 Å². The van der Waals surface area contributed by atoms with Crippen molar-refractivity contribution >= 4 is 5.97 Å². The van der Waals surface area contributed by atoms with Crippen LogP contribution in [0.25, 0.3) is 0 Å². The summed E-state index contributed by atoms with van der Waals surface area (Å²) in [6, 6.07) is 0. The number of nitrogens with one attached hydrogen (secondary N) is 1. The van der Waals surface area contributed by atoms with E-state index in [2.05, 4.69) is 24.1 Å². The van der Waals surface area contributed by atoms with Gasteiger partial charge in [-0.3, -0.25) is 4.79 Å². The molecule has 0 amide bonds. The summed E-state index contributed by atoms with van der Waals surface area (Å²) in [5.41, 5.74) is -0.424. The molecule has 18 heavy (non-hydrogen) atoms. The Labute approximate surface area is 111 Å². The fourth-order valence-corrected chi connectivity index (χ4v) is 2.78. The van der Waals surface area contributed by atoms with Crippen molar-refractivity contribution in [2.24, 2.45) is 5.41 Å². The second-order valence-electron chi connectivity index (χ2n) is 6.46. The number of likely N-dealkylation sites (tertiary alicyclic amines) is 1. The van der Waals surface area contributed by atoms with Crippen molar-refractivity contribution in [1.29, 1.82) is 0 Å². The van der Waals surface area contributed by atoms with Crippen molar-refractivity contribution in [1.82, 2.24) is 10.2 Å². The normalized spacial score (nSPS) is 23.6. The van der Waals surface area contributed by atoms with Crippen molar-refractivity contribution in [3.63, 3.8) is 0 Å². The second kappa shape index (κ2) is 6.02. The Morgan fingerprint density at radius 1 is 1.50 bits per heavy atom. The maximum Gasteiger partial charge on any atom is 0.323 e. The van der Waals surface area contributed by atoms with Crippen molar-refractivity contribution in [3.8, 4) is 0 Å². The number of likely N-dealkylation sites (N-methyl/N-ethyl adjacent to an activating group) is 1. The third-order valence-electron chi connectivity index (χ3n) is 3.95. The number of rotatable bonds is 6. The van der Waals surface area contributed by atoms with Gasteiger partial charge in [0.2, 0.25) is 0 Å². The van der Waals surface area contributed by atoms with Gasteiger partial charge < -0.3 is 15.3 Å². The third kappa shape index (κ3) is 4.25. The lowest BCUT2D eigenvalue weighted by molar-refractivity contribution is -0.144. The standard InChI is InChI=1S/C14H28N2O2/c1-5-15-14(4,12(17)18)8-10-16-9-6-7-13(2,3)11-16/h15H,5-11H2,1-4H3,(H,17,18). The van der Waals surface area contributed by atoms with E-state index in [9.17, 15) is 9.90 Å². The van der Waals surface area contributed by atoms with E-state index in [0.717, 1.165) is 19.6 Å². The van der Waals surface area contributed by atoms with Crippen LogP contribution in [0.2, 0.25) is 0 Å². The first kappa shape index (κ1) is 15.4. The maximum absolute atomic E-state index is 11.3. The van der Waals surface area contributed by atoms with E-state index < -0.39 is 11.5 Å². The van der Waals surface area contributed by atoms with Crippen LogP contribution in [0.5, 0.6) is 0 Å². The van der Waals surface area contributed by atoms with Gasteiger partial charge in [-0.15, -0.1) is 0 Å². The van der Waals surface area contributed by atoms with E-state index in [1.807, 2.05) is 6.92 Å². The average Bonchev–Trinajstić information content (AvgIpc) is 2.25. The zero-order chi connectivity index (χ0) is 13.8. The number of carboxylic acid groups (broad SMARTS) is 1. The quantitative estimate of drug-likeness (QED) is 0.762. The van der Waals surface area contributed by atoms with Crippen molar-refractivity contribution in [2.75, 3.05) is 26.2 Å². The molecule has 4 heteroatoms. The predicted molar refractivity (Wildman–Crippen MR) is 73.8 cm³/mol. The highest BCUT2D eigenvalue weighted by Crippen LogP contribution is 2.28. The van der Waals surface area contributed by atoms with Crippen LogP contribution < -0.4 is 5.32 Å². The maximum atomic E-state index is 11.3. The minimum Gasteiger partial charge on any atom is -0.480 e. The molecule has 1 atom stereocenters. The molecule has 1 rings (SSSR count). The topological polar surface area (TPSA) is 52.6 Å². The molecular weight excluding hydrogens is 228 g/mol. The number of piperidine rings is 1. The molecule has 4 nitrogen and oxygen atoms in total. The lowest BCUT2D eigenvalue weighted by Gasteiger charge is -2.39. The summed E-state index contributed by atoms with van der Waals surface area (Å²) in [7, 11) is 0. The molecule has 1 aliphatic heterocycles. The van der Waals surface area contributed by atoms with Gasteiger partial charge in [0.1, 0.15) is 5.54 Å². The second-order valence-corrected chi connectivity index (χ2v) is 6.46. The molecule has 0 saturated carbocycles. The van der Waals surface area contributed by atoms with Gasteiger partial charge in [-0.1, -0.05) is 20.8 Å². The van der Waals surface area contributed by atoms with E-state index >= 15 is 0 Å². The Kier molecular flexibility index (Phi) is 5.17. The van der Waals surface area contributed by atoms with Gasteiger partial charge in [-0.05, 0) is 44.7 Å². The summed E-state index contributed by atoms with van der Waals surface area (Å²) in [5, 5.41) is 12.4. The summed E-state index contributed by atoms with van der Waals surface area (Å²) in [6.07, 6.45) is 3.15. The van der Waals surface area contributed by atoms with Gasteiger partial charge in [0.05, 0.1) is 0 Å². The number of nitrogens with zero attached hydrogens (tertiary/aromatic N) is 1. The molecule has 2 N–H and O–H groups in total. The summed E-state index contributed by atoms with van der Waals surface area (Å²) in [4.78, 5) is 13.7. The Hall–Kier alpha value is -0.610. The Morgan fingerprint density at radius 3 is 2.67 bits per heavy atom. The smallest absolute Gasteiger partial charge is 0.323 e. The highest BCUT2D eigenvalue weighted by atomic mass is 16.4. The first-order valence-corrected chi connectivity index (χ1v) is 7.00. The molecule has 0 aromatic heterocycles. The SMILES string of the molecule is CCNC(C)(CCN1CCCC(C)(C)C1)C(=O)O. The van der Waals surface area contributed by atoms with Crippen LogP contribution in [0.15, 0.2) is 0 Å². The summed E-state index contributed by atoms with van der Waals surface area (Å²) in [5.74, 6) is -0.749. The van der Waals surface area contributed by atoms with E-state index in [1.54, 1.807) is 6.92 Å². The molecule has 0 aromatic carbocycles. The third-order valence-corrected chi connectivity index (χ3v) is 3.95. The first-order chi connectivity index (χ1) is 8.29. The minimum absolute atomic E-state index is 0.371. The molecule has 0 aliphatic carbocycles. The lowest BCUT2D eigenvalue weighted by Crippen LogP contribution is -2.52. The number of carbonyl (C=O) groups is 1. The average molecular weight is 256 g/mol. The Bertz CT molecular complexity index is 292. The largest absolute Gasteiger partial charge is 0.480 e. The summed E-state index contributed by atoms with van der Waals surface area (Å²) < 4.78 is 0. The number of aliphatic carboxylic acids is 1. The predicted octanol–water partition coefficient (Wildman–Crippen LogP) is 1.95.